The average molecular weight is 213 g/mol. The lowest BCUT2D eigenvalue weighted by molar-refractivity contribution is 0.544. The molecule has 1 N–H and O–H groups in total. The van der Waals surface area contributed by atoms with Gasteiger partial charge in [-0.3, -0.25) is 0 Å². The molecule has 1 aromatic rings. The van der Waals surface area contributed by atoms with Crippen molar-refractivity contribution in [3.8, 4) is 0 Å². The maximum absolute atomic E-state index is 13.2. The number of nitrogens with one attached hydrogen (secondary N) is 1. The lowest BCUT2D eigenvalue weighted by Gasteiger charge is -2.06. The Balaban J connectivity index is 2.37. The van der Waals surface area contributed by atoms with Crippen LogP contribution >= 0.6 is 0 Å². The predicted molar refractivity (Wildman–Crippen MR) is 57.8 cm³/mol. The molecule has 0 saturated carbocycles. The second kappa shape index (κ2) is 6.51. The first-order chi connectivity index (χ1) is 7.25. The number of hydrogen-bond acceptors (Lipinski definition) is 1. The standard InChI is InChI=1S/C12H17F2N/c1-2-3-8-15-9-7-10-11(13)5-4-6-12(10)14/h4-6,15H,2-3,7-9H2,1H3. The van der Waals surface area contributed by atoms with E-state index in [9.17, 15) is 8.78 Å². The van der Waals surface area contributed by atoms with Crippen LogP contribution in [-0.4, -0.2) is 13.1 Å². The fraction of sp³-hybridized carbons (Fsp3) is 0.500. The summed E-state index contributed by atoms with van der Waals surface area (Å²) in [6, 6.07) is 3.98. The lowest BCUT2D eigenvalue weighted by atomic mass is 10.1. The molecule has 0 aromatic heterocycles. The molecule has 3 heteroatoms. The minimum atomic E-state index is -0.452. The van der Waals surface area contributed by atoms with Gasteiger partial charge in [0.15, 0.2) is 0 Å². The van der Waals surface area contributed by atoms with E-state index in [2.05, 4.69) is 12.2 Å². The van der Waals surface area contributed by atoms with Gasteiger partial charge in [-0.05, 0) is 38.1 Å². The van der Waals surface area contributed by atoms with Gasteiger partial charge < -0.3 is 5.32 Å². The molecular weight excluding hydrogens is 196 g/mol. The summed E-state index contributed by atoms with van der Waals surface area (Å²) in [6.07, 6.45) is 2.63. The molecule has 1 aromatic carbocycles. The number of hydrogen-bond donors (Lipinski definition) is 1. The van der Waals surface area contributed by atoms with Crippen molar-refractivity contribution < 1.29 is 8.78 Å². The normalized spacial score (nSPS) is 10.6. The zero-order chi connectivity index (χ0) is 11.1. The molecule has 0 amide bonds. The summed E-state index contributed by atoms with van der Waals surface area (Å²) in [7, 11) is 0. The monoisotopic (exact) mass is 213 g/mol. The summed E-state index contributed by atoms with van der Waals surface area (Å²) in [4.78, 5) is 0. The fourth-order valence-corrected chi connectivity index (χ4v) is 1.41. The smallest absolute Gasteiger partial charge is 0.129 e. The first-order valence-electron chi connectivity index (χ1n) is 5.39. The second-order valence-corrected chi connectivity index (χ2v) is 3.55. The maximum atomic E-state index is 13.2. The van der Waals surface area contributed by atoms with Gasteiger partial charge in [0.1, 0.15) is 11.6 Å². The van der Waals surface area contributed by atoms with E-state index in [0.29, 0.717) is 13.0 Å². The zero-order valence-corrected chi connectivity index (χ0v) is 9.02. The van der Waals surface area contributed by atoms with Crippen LogP contribution in [0, 0.1) is 11.6 Å². The van der Waals surface area contributed by atoms with Gasteiger partial charge >= 0.3 is 0 Å². The van der Waals surface area contributed by atoms with Gasteiger partial charge in [0.2, 0.25) is 0 Å². The van der Waals surface area contributed by atoms with Crippen molar-refractivity contribution in [2.45, 2.75) is 26.2 Å². The van der Waals surface area contributed by atoms with Gasteiger partial charge in [-0.2, -0.15) is 0 Å². The van der Waals surface area contributed by atoms with E-state index < -0.39 is 11.6 Å². The highest BCUT2D eigenvalue weighted by atomic mass is 19.1. The average Bonchev–Trinajstić information content (AvgIpc) is 2.21. The molecular formula is C12H17F2N. The molecule has 1 rings (SSSR count). The van der Waals surface area contributed by atoms with Crippen molar-refractivity contribution in [1.82, 2.24) is 5.32 Å². The maximum Gasteiger partial charge on any atom is 0.129 e. The largest absolute Gasteiger partial charge is 0.316 e. The van der Waals surface area contributed by atoms with Crippen molar-refractivity contribution in [2.75, 3.05) is 13.1 Å². The van der Waals surface area contributed by atoms with E-state index in [1.807, 2.05) is 0 Å². The second-order valence-electron chi connectivity index (χ2n) is 3.55. The Labute approximate surface area is 89.5 Å². The van der Waals surface area contributed by atoms with Gasteiger partial charge in [-0.1, -0.05) is 19.4 Å². The quantitative estimate of drug-likeness (QED) is 0.716. The third-order valence-electron chi connectivity index (χ3n) is 2.32. The molecule has 0 atom stereocenters. The predicted octanol–water partition coefficient (Wildman–Crippen LogP) is 2.90. The van der Waals surface area contributed by atoms with E-state index in [1.165, 1.54) is 18.2 Å². The van der Waals surface area contributed by atoms with Crippen molar-refractivity contribution in [3.63, 3.8) is 0 Å². The molecule has 0 spiro atoms. The van der Waals surface area contributed by atoms with Crippen molar-refractivity contribution in [3.05, 3.63) is 35.4 Å². The van der Waals surface area contributed by atoms with Crippen molar-refractivity contribution in [1.29, 1.82) is 0 Å². The van der Waals surface area contributed by atoms with E-state index in [-0.39, 0.29) is 5.56 Å². The van der Waals surface area contributed by atoms with Crippen LogP contribution in [0.4, 0.5) is 8.78 Å². The first-order valence-corrected chi connectivity index (χ1v) is 5.39. The topological polar surface area (TPSA) is 12.0 Å². The van der Waals surface area contributed by atoms with Gasteiger partial charge in [-0.25, -0.2) is 8.78 Å². The van der Waals surface area contributed by atoms with Gasteiger partial charge in [0.25, 0.3) is 0 Å². The molecule has 15 heavy (non-hydrogen) atoms. The van der Waals surface area contributed by atoms with Crippen LogP contribution in [-0.2, 0) is 6.42 Å². The van der Waals surface area contributed by atoms with E-state index in [1.54, 1.807) is 0 Å². The number of unbranched alkanes of at least 4 members (excludes halogenated alkanes) is 1. The Bertz CT molecular complexity index is 279. The van der Waals surface area contributed by atoms with Crippen LogP contribution in [0.5, 0.6) is 0 Å². The summed E-state index contributed by atoms with van der Waals surface area (Å²) >= 11 is 0. The molecule has 0 radical (unpaired) electrons. The first kappa shape index (κ1) is 12.1. The van der Waals surface area contributed by atoms with Crippen LogP contribution < -0.4 is 5.32 Å². The van der Waals surface area contributed by atoms with Crippen LogP contribution in [0.25, 0.3) is 0 Å². The molecule has 0 heterocycles. The highest BCUT2D eigenvalue weighted by Crippen LogP contribution is 2.11. The third kappa shape index (κ3) is 3.96. The fourth-order valence-electron chi connectivity index (χ4n) is 1.41. The van der Waals surface area contributed by atoms with Gasteiger partial charge in [0.05, 0.1) is 0 Å². The zero-order valence-electron chi connectivity index (χ0n) is 9.02. The minimum Gasteiger partial charge on any atom is -0.316 e. The number of rotatable bonds is 6. The Morgan fingerprint density at radius 1 is 1.13 bits per heavy atom. The molecule has 0 unspecified atom stereocenters. The minimum absolute atomic E-state index is 0.182. The SMILES string of the molecule is CCCCNCCc1c(F)cccc1F. The number of halogens is 2. The highest BCUT2D eigenvalue weighted by Gasteiger charge is 2.06. The molecule has 0 aliphatic carbocycles. The molecule has 0 fully saturated rings. The van der Waals surface area contributed by atoms with Crippen LogP contribution in [0.2, 0.25) is 0 Å². The van der Waals surface area contributed by atoms with E-state index in [0.717, 1.165) is 19.4 Å². The molecule has 0 aliphatic rings. The van der Waals surface area contributed by atoms with Crippen LogP contribution in [0.3, 0.4) is 0 Å². The highest BCUT2D eigenvalue weighted by molar-refractivity contribution is 5.19. The van der Waals surface area contributed by atoms with Gasteiger partial charge in [-0.15, -0.1) is 0 Å². The molecule has 0 saturated heterocycles. The molecule has 0 aliphatic heterocycles. The summed E-state index contributed by atoms with van der Waals surface area (Å²) in [5.41, 5.74) is 0.182. The summed E-state index contributed by atoms with van der Waals surface area (Å²) in [6.45, 7) is 3.64. The molecule has 1 nitrogen and oxygen atoms in total. The lowest BCUT2D eigenvalue weighted by Crippen LogP contribution is -2.19. The number of benzene rings is 1. The van der Waals surface area contributed by atoms with E-state index >= 15 is 0 Å². The van der Waals surface area contributed by atoms with Crippen LogP contribution in [0.15, 0.2) is 18.2 Å². The van der Waals surface area contributed by atoms with Gasteiger partial charge in [0, 0.05) is 5.56 Å². The summed E-state index contributed by atoms with van der Waals surface area (Å²) < 4.78 is 26.3. The third-order valence-corrected chi connectivity index (χ3v) is 2.32. The Kier molecular flexibility index (Phi) is 5.26. The van der Waals surface area contributed by atoms with Crippen molar-refractivity contribution in [2.24, 2.45) is 0 Å². The van der Waals surface area contributed by atoms with Crippen LogP contribution in [0.1, 0.15) is 25.3 Å². The Morgan fingerprint density at radius 3 is 2.40 bits per heavy atom. The van der Waals surface area contributed by atoms with E-state index in [4.69, 9.17) is 0 Å². The Hall–Kier alpha value is -0.960. The molecule has 84 valence electrons. The summed E-state index contributed by atoms with van der Waals surface area (Å²) in [5.74, 6) is -0.903. The Morgan fingerprint density at radius 2 is 1.80 bits per heavy atom. The molecule has 0 bridgehead atoms. The van der Waals surface area contributed by atoms with Crippen molar-refractivity contribution >= 4 is 0 Å². The summed E-state index contributed by atoms with van der Waals surface area (Å²) in [5, 5.41) is 3.16.